The first-order valence-corrected chi connectivity index (χ1v) is 10.00. The Kier molecular flexibility index (Phi) is 6.04. The van der Waals surface area contributed by atoms with Gasteiger partial charge in [0.2, 0.25) is 0 Å². The summed E-state index contributed by atoms with van der Waals surface area (Å²) in [6, 6.07) is 11.3. The zero-order valence-corrected chi connectivity index (χ0v) is 16.4. The highest BCUT2D eigenvalue weighted by Crippen LogP contribution is 2.47. The molecule has 0 spiro atoms. The molecule has 0 aliphatic heterocycles. The Labute approximate surface area is 149 Å². The lowest BCUT2D eigenvalue weighted by Gasteiger charge is -2.17. The third-order valence-electron chi connectivity index (χ3n) is 3.69. The van der Waals surface area contributed by atoms with Crippen molar-refractivity contribution in [2.45, 2.75) is 34.6 Å². The summed E-state index contributed by atoms with van der Waals surface area (Å²) in [5.74, 6) is -0.0582. The van der Waals surface area contributed by atoms with Crippen molar-refractivity contribution in [1.82, 2.24) is 4.98 Å². The van der Waals surface area contributed by atoms with Gasteiger partial charge in [-0.05, 0) is 25.5 Å². The maximum absolute atomic E-state index is 13.1. The number of aromatic amines is 1. The second kappa shape index (κ2) is 7.69. The minimum Gasteiger partial charge on any atom is -0.345 e. The van der Waals surface area contributed by atoms with Crippen molar-refractivity contribution in [3.63, 3.8) is 0 Å². The number of ketones is 1. The van der Waals surface area contributed by atoms with E-state index in [1.165, 1.54) is 0 Å². The average molecular weight is 363 g/mol. The van der Waals surface area contributed by atoms with E-state index in [4.69, 9.17) is 9.05 Å². The standard InChI is InChI=1S/C19H26NO4P/c1-6-23-25(22,24-7-2)16-13-15(14-11-9-8-10-12-14)17(20-16)18(21)19(3,4)5/h8-13,20H,6-7H2,1-5H3. The Hall–Kier alpha value is -1.68. The van der Waals surface area contributed by atoms with Crippen LogP contribution < -0.4 is 5.44 Å². The molecule has 0 saturated carbocycles. The summed E-state index contributed by atoms with van der Waals surface area (Å²) in [4.78, 5) is 15.9. The Bertz CT molecular complexity index is 764. The van der Waals surface area contributed by atoms with E-state index >= 15 is 0 Å². The topological polar surface area (TPSA) is 68.4 Å². The van der Waals surface area contributed by atoms with Gasteiger partial charge in [-0.3, -0.25) is 9.36 Å². The molecule has 1 aromatic carbocycles. The molecule has 136 valence electrons. The van der Waals surface area contributed by atoms with Gasteiger partial charge in [-0.15, -0.1) is 0 Å². The number of benzene rings is 1. The van der Waals surface area contributed by atoms with Crippen molar-refractivity contribution in [3.8, 4) is 11.1 Å². The maximum atomic E-state index is 13.1. The largest absolute Gasteiger partial charge is 0.377 e. The van der Waals surface area contributed by atoms with Crippen molar-refractivity contribution in [2.75, 3.05) is 13.2 Å². The summed E-state index contributed by atoms with van der Waals surface area (Å²) in [7, 11) is -3.50. The normalized spacial score (nSPS) is 12.4. The summed E-state index contributed by atoms with van der Waals surface area (Å²) in [5.41, 5.74) is 1.73. The molecule has 6 heteroatoms. The molecule has 1 heterocycles. The maximum Gasteiger partial charge on any atom is 0.377 e. The van der Waals surface area contributed by atoms with E-state index in [1.54, 1.807) is 19.9 Å². The number of Topliss-reactive ketones (excluding diaryl/α,β-unsaturated/α-hetero) is 1. The van der Waals surface area contributed by atoms with Crippen LogP contribution in [0.15, 0.2) is 36.4 Å². The predicted octanol–water partition coefficient (Wildman–Crippen LogP) is 4.80. The van der Waals surface area contributed by atoms with Crippen molar-refractivity contribution in [1.29, 1.82) is 0 Å². The highest BCUT2D eigenvalue weighted by atomic mass is 31.2. The van der Waals surface area contributed by atoms with Crippen LogP contribution in [0.4, 0.5) is 0 Å². The Morgan fingerprint density at radius 1 is 1.08 bits per heavy atom. The van der Waals surface area contributed by atoms with E-state index in [0.29, 0.717) is 16.7 Å². The fraction of sp³-hybridized carbons (Fsp3) is 0.421. The number of hydrogen-bond donors (Lipinski definition) is 1. The van der Waals surface area contributed by atoms with Crippen LogP contribution in [0, 0.1) is 5.41 Å². The van der Waals surface area contributed by atoms with E-state index in [0.717, 1.165) is 5.56 Å². The van der Waals surface area contributed by atoms with E-state index < -0.39 is 13.0 Å². The lowest BCUT2D eigenvalue weighted by atomic mass is 9.87. The average Bonchev–Trinajstić information content (AvgIpc) is 3.00. The molecule has 2 rings (SSSR count). The van der Waals surface area contributed by atoms with Gasteiger partial charge in [-0.25, -0.2) is 0 Å². The molecule has 0 fully saturated rings. The van der Waals surface area contributed by atoms with Crippen molar-refractivity contribution >= 4 is 18.8 Å². The molecule has 0 atom stereocenters. The zero-order chi connectivity index (χ0) is 18.7. The number of H-pyrrole nitrogens is 1. The predicted molar refractivity (Wildman–Crippen MR) is 101 cm³/mol. The molecule has 0 aliphatic carbocycles. The van der Waals surface area contributed by atoms with E-state index in [2.05, 4.69) is 4.98 Å². The second-order valence-electron chi connectivity index (χ2n) is 6.72. The first kappa shape index (κ1) is 19.6. The fourth-order valence-corrected chi connectivity index (χ4v) is 4.07. The first-order chi connectivity index (χ1) is 11.7. The van der Waals surface area contributed by atoms with Crippen LogP contribution in [0.5, 0.6) is 0 Å². The molecular formula is C19H26NO4P. The van der Waals surface area contributed by atoms with Gasteiger partial charge in [0.05, 0.1) is 18.9 Å². The Morgan fingerprint density at radius 2 is 1.64 bits per heavy atom. The second-order valence-corrected chi connectivity index (χ2v) is 8.71. The van der Waals surface area contributed by atoms with Crippen LogP contribution in [0.25, 0.3) is 11.1 Å². The number of aromatic nitrogens is 1. The summed E-state index contributed by atoms with van der Waals surface area (Å²) >= 11 is 0. The molecule has 1 aromatic heterocycles. The van der Waals surface area contributed by atoms with Crippen LogP contribution in [0.1, 0.15) is 45.1 Å². The molecule has 5 nitrogen and oxygen atoms in total. The minimum absolute atomic E-state index is 0.0582. The molecule has 0 unspecified atom stereocenters. The molecule has 0 bridgehead atoms. The molecule has 2 aromatic rings. The van der Waals surface area contributed by atoms with Crippen molar-refractivity contribution in [3.05, 3.63) is 42.1 Å². The number of carbonyl (C=O) groups is 1. The number of nitrogens with one attached hydrogen (secondary N) is 1. The third kappa shape index (κ3) is 4.30. The van der Waals surface area contributed by atoms with Crippen LogP contribution in [0.3, 0.4) is 0 Å². The number of hydrogen-bond acceptors (Lipinski definition) is 4. The molecule has 1 N–H and O–H groups in total. The lowest BCUT2D eigenvalue weighted by molar-refractivity contribution is 0.0854. The molecular weight excluding hydrogens is 337 g/mol. The van der Waals surface area contributed by atoms with Gasteiger partial charge in [-0.1, -0.05) is 51.1 Å². The molecule has 0 radical (unpaired) electrons. The SMILES string of the molecule is CCOP(=O)(OCC)c1cc(-c2ccccc2)c(C(=O)C(C)(C)C)[nH]1. The summed E-state index contributed by atoms with van der Waals surface area (Å²) in [6.07, 6.45) is 0. The van der Waals surface area contributed by atoms with Crippen LogP contribution in [-0.4, -0.2) is 24.0 Å². The summed E-state index contributed by atoms with van der Waals surface area (Å²) < 4.78 is 23.9. The highest BCUT2D eigenvalue weighted by Gasteiger charge is 2.34. The monoisotopic (exact) mass is 363 g/mol. The van der Waals surface area contributed by atoms with Crippen molar-refractivity contribution in [2.24, 2.45) is 5.41 Å². The summed E-state index contributed by atoms with van der Waals surface area (Å²) in [6.45, 7) is 9.58. The quantitative estimate of drug-likeness (QED) is 0.567. The summed E-state index contributed by atoms with van der Waals surface area (Å²) in [5, 5.41) is 0. The molecule has 0 saturated heterocycles. The Morgan fingerprint density at radius 3 is 2.12 bits per heavy atom. The first-order valence-electron chi connectivity index (χ1n) is 8.46. The van der Waals surface area contributed by atoms with Crippen LogP contribution in [-0.2, 0) is 13.6 Å². The third-order valence-corrected chi connectivity index (χ3v) is 5.72. The van der Waals surface area contributed by atoms with E-state index in [9.17, 15) is 9.36 Å². The van der Waals surface area contributed by atoms with E-state index in [1.807, 2.05) is 51.1 Å². The van der Waals surface area contributed by atoms with Crippen LogP contribution >= 0.6 is 7.60 Å². The van der Waals surface area contributed by atoms with Gasteiger partial charge in [-0.2, -0.15) is 0 Å². The molecule has 25 heavy (non-hydrogen) atoms. The van der Waals surface area contributed by atoms with Gasteiger partial charge in [0, 0.05) is 11.0 Å². The van der Waals surface area contributed by atoms with Gasteiger partial charge >= 0.3 is 7.60 Å². The lowest BCUT2D eigenvalue weighted by Crippen LogP contribution is -2.22. The van der Waals surface area contributed by atoms with Gasteiger partial charge in [0.1, 0.15) is 5.44 Å². The number of carbonyl (C=O) groups excluding carboxylic acids is 1. The molecule has 0 aliphatic rings. The van der Waals surface area contributed by atoms with Gasteiger partial charge in [0.15, 0.2) is 5.78 Å². The van der Waals surface area contributed by atoms with E-state index in [-0.39, 0.29) is 19.0 Å². The van der Waals surface area contributed by atoms with Gasteiger partial charge in [0.25, 0.3) is 0 Å². The smallest absolute Gasteiger partial charge is 0.345 e. The highest BCUT2D eigenvalue weighted by molar-refractivity contribution is 7.61. The number of rotatable bonds is 7. The fourth-order valence-electron chi connectivity index (χ4n) is 2.50. The Balaban J connectivity index is 2.64. The zero-order valence-electron chi connectivity index (χ0n) is 15.5. The van der Waals surface area contributed by atoms with Crippen LogP contribution in [0.2, 0.25) is 0 Å². The molecule has 0 amide bonds. The van der Waals surface area contributed by atoms with Gasteiger partial charge < -0.3 is 14.0 Å². The minimum atomic E-state index is -3.50. The van der Waals surface area contributed by atoms with Crippen molar-refractivity contribution < 1.29 is 18.4 Å².